The summed E-state index contributed by atoms with van der Waals surface area (Å²) in [6.07, 6.45) is 0.578. The average molecular weight is 334 g/mol. The molecule has 0 aliphatic heterocycles. The molecular formula is C13H15Cl3N4. The number of aryl methyl sites for hydroxylation is 2. The van der Waals surface area contributed by atoms with Crippen molar-refractivity contribution in [1.82, 2.24) is 15.2 Å². The summed E-state index contributed by atoms with van der Waals surface area (Å²) in [4.78, 5) is 0. The van der Waals surface area contributed by atoms with Crippen molar-refractivity contribution in [2.75, 3.05) is 0 Å². The summed E-state index contributed by atoms with van der Waals surface area (Å²) in [5.74, 6) is 5.66. The fraction of sp³-hybridized carbons (Fsp3) is 0.308. The SMILES string of the molecule is Cc1nn(C)c(Cl)c1CC(NN)c1cccc(Cl)c1Cl. The largest absolute Gasteiger partial charge is 0.271 e. The second kappa shape index (κ2) is 6.33. The molecule has 0 saturated carbocycles. The maximum Gasteiger partial charge on any atom is 0.130 e. The molecule has 1 unspecified atom stereocenters. The van der Waals surface area contributed by atoms with Crippen molar-refractivity contribution in [3.8, 4) is 0 Å². The van der Waals surface area contributed by atoms with Crippen LogP contribution in [0.25, 0.3) is 0 Å². The lowest BCUT2D eigenvalue weighted by atomic mass is 10.00. The highest BCUT2D eigenvalue weighted by molar-refractivity contribution is 6.42. The Morgan fingerprint density at radius 3 is 2.60 bits per heavy atom. The normalized spacial score (nSPS) is 12.7. The topological polar surface area (TPSA) is 55.9 Å². The zero-order chi connectivity index (χ0) is 14.9. The number of hydrogen-bond acceptors (Lipinski definition) is 3. The molecule has 0 amide bonds. The summed E-state index contributed by atoms with van der Waals surface area (Å²) < 4.78 is 1.64. The molecule has 1 atom stereocenters. The predicted molar refractivity (Wildman–Crippen MR) is 83.2 cm³/mol. The van der Waals surface area contributed by atoms with Crippen LogP contribution >= 0.6 is 34.8 Å². The summed E-state index contributed by atoms with van der Waals surface area (Å²) in [7, 11) is 1.80. The van der Waals surface area contributed by atoms with Crippen molar-refractivity contribution in [1.29, 1.82) is 0 Å². The van der Waals surface area contributed by atoms with Crippen LogP contribution in [-0.4, -0.2) is 9.78 Å². The fourth-order valence-corrected chi connectivity index (χ4v) is 2.85. The van der Waals surface area contributed by atoms with E-state index < -0.39 is 0 Å². The molecule has 4 nitrogen and oxygen atoms in total. The van der Waals surface area contributed by atoms with Gasteiger partial charge in [0.15, 0.2) is 0 Å². The van der Waals surface area contributed by atoms with Crippen molar-refractivity contribution in [3.63, 3.8) is 0 Å². The van der Waals surface area contributed by atoms with Crippen LogP contribution in [0.2, 0.25) is 15.2 Å². The molecule has 0 aliphatic carbocycles. The molecule has 0 saturated heterocycles. The summed E-state index contributed by atoms with van der Waals surface area (Å²) in [6.45, 7) is 1.91. The van der Waals surface area contributed by atoms with Gasteiger partial charge in [-0.25, -0.2) is 0 Å². The maximum atomic E-state index is 6.25. The zero-order valence-electron chi connectivity index (χ0n) is 11.1. The van der Waals surface area contributed by atoms with E-state index in [2.05, 4.69) is 10.5 Å². The quantitative estimate of drug-likeness (QED) is 0.665. The van der Waals surface area contributed by atoms with Gasteiger partial charge in [-0.15, -0.1) is 0 Å². The second-order valence-electron chi connectivity index (χ2n) is 4.54. The number of benzene rings is 1. The van der Waals surface area contributed by atoms with Crippen molar-refractivity contribution in [3.05, 3.63) is 50.2 Å². The molecule has 0 radical (unpaired) electrons. The van der Waals surface area contributed by atoms with Crippen LogP contribution in [0.5, 0.6) is 0 Å². The second-order valence-corrected chi connectivity index (χ2v) is 5.69. The maximum absolute atomic E-state index is 6.25. The van der Waals surface area contributed by atoms with Gasteiger partial charge >= 0.3 is 0 Å². The molecular weight excluding hydrogens is 319 g/mol. The Labute approximate surface area is 132 Å². The van der Waals surface area contributed by atoms with Gasteiger partial charge in [0.25, 0.3) is 0 Å². The van der Waals surface area contributed by atoms with E-state index in [0.717, 1.165) is 16.8 Å². The first-order valence-corrected chi connectivity index (χ1v) is 7.17. The molecule has 20 heavy (non-hydrogen) atoms. The Morgan fingerprint density at radius 2 is 2.05 bits per heavy atom. The van der Waals surface area contributed by atoms with Gasteiger partial charge in [0.1, 0.15) is 5.15 Å². The standard InChI is InChI=1S/C13H15Cl3N4/c1-7-9(13(16)20(2)19-7)6-11(18-17)8-4-3-5-10(14)12(8)15/h3-5,11,18H,6,17H2,1-2H3. The summed E-state index contributed by atoms with van der Waals surface area (Å²) >= 11 is 18.5. The molecule has 1 heterocycles. The van der Waals surface area contributed by atoms with Crippen LogP contribution in [-0.2, 0) is 13.5 Å². The van der Waals surface area contributed by atoms with Gasteiger partial charge in [0, 0.05) is 12.6 Å². The monoisotopic (exact) mass is 332 g/mol. The number of hydrogen-bond donors (Lipinski definition) is 2. The number of nitrogens with one attached hydrogen (secondary N) is 1. The van der Waals surface area contributed by atoms with E-state index >= 15 is 0 Å². The molecule has 2 aromatic rings. The van der Waals surface area contributed by atoms with Crippen LogP contribution in [0.15, 0.2) is 18.2 Å². The van der Waals surface area contributed by atoms with Gasteiger partial charge in [-0.05, 0) is 25.0 Å². The number of nitrogens with zero attached hydrogens (tertiary/aromatic N) is 2. The van der Waals surface area contributed by atoms with Crippen LogP contribution in [0.1, 0.15) is 22.9 Å². The van der Waals surface area contributed by atoms with E-state index in [1.807, 2.05) is 19.1 Å². The van der Waals surface area contributed by atoms with E-state index in [1.165, 1.54) is 0 Å². The number of nitrogens with two attached hydrogens (primary N) is 1. The Bertz CT molecular complexity index is 624. The molecule has 0 spiro atoms. The highest BCUT2D eigenvalue weighted by Crippen LogP contribution is 2.32. The van der Waals surface area contributed by atoms with E-state index in [0.29, 0.717) is 21.6 Å². The average Bonchev–Trinajstić information content (AvgIpc) is 2.65. The molecule has 0 fully saturated rings. The lowest BCUT2D eigenvalue weighted by Crippen LogP contribution is -2.30. The molecule has 0 bridgehead atoms. The van der Waals surface area contributed by atoms with E-state index in [4.69, 9.17) is 40.6 Å². The van der Waals surface area contributed by atoms with Crippen LogP contribution in [0.3, 0.4) is 0 Å². The molecule has 3 N–H and O–H groups in total. The lowest BCUT2D eigenvalue weighted by molar-refractivity contribution is 0.551. The smallest absolute Gasteiger partial charge is 0.130 e. The first kappa shape index (κ1) is 15.6. The molecule has 7 heteroatoms. The highest BCUT2D eigenvalue weighted by Gasteiger charge is 2.20. The number of rotatable bonds is 4. The van der Waals surface area contributed by atoms with Crippen LogP contribution in [0.4, 0.5) is 0 Å². The Hall–Kier alpha value is -0.780. The minimum absolute atomic E-state index is 0.193. The van der Waals surface area contributed by atoms with E-state index in [-0.39, 0.29) is 6.04 Å². The Kier molecular flexibility index (Phi) is 4.94. The molecule has 0 aliphatic rings. The molecule has 1 aromatic carbocycles. The lowest BCUT2D eigenvalue weighted by Gasteiger charge is -2.18. The minimum Gasteiger partial charge on any atom is -0.271 e. The first-order chi connectivity index (χ1) is 9.45. The fourth-order valence-electron chi connectivity index (χ4n) is 2.16. The number of hydrazine groups is 1. The van der Waals surface area contributed by atoms with Gasteiger partial charge < -0.3 is 0 Å². The third-order valence-corrected chi connectivity index (χ3v) is 4.54. The molecule has 108 valence electrons. The molecule has 1 aromatic heterocycles. The summed E-state index contributed by atoms with van der Waals surface area (Å²) in [5.41, 5.74) is 5.40. The Balaban J connectivity index is 2.36. The third-order valence-electron chi connectivity index (χ3n) is 3.24. The predicted octanol–water partition coefficient (Wildman–Crippen LogP) is 3.44. The summed E-state index contributed by atoms with van der Waals surface area (Å²) in [6, 6.07) is 5.27. The van der Waals surface area contributed by atoms with Gasteiger partial charge in [0.05, 0.1) is 21.8 Å². The van der Waals surface area contributed by atoms with Gasteiger partial charge in [0.2, 0.25) is 0 Å². The van der Waals surface area contributed by atoms with Crippen molar-refractivity contribution < 1.29 is 0 Å². The van der Waals surface area contributed by atoms with Gasteiger partial charge in [-0.2, -0.15) is 5.10 Å². The highest BCUT2D eigenvalue weighted by atomic mass is 35.5. The zero-order valence-corrected chi connectivity index (χ0v) is 13.4. The van der Waals surface area contributed by atoms with Crippen molar-refractivity contribution in [2.24, 2.45) is 12.9 Å². The van der Waals surface area contributed by atoms with Crippen molar-refractivity contribution in [2.45, 2.75) is 19.4 Å². The minimum atomic E-state index is -0.193. The first-order valence-electron chi connectivity index (χ1n) is 6.03. The van der Waals surface area contributed by atoms with Gasteiger partial charge in [-0.1, -0.05) is 46.9 Å². The third kappa shape index (κ3) is 2.95. The van der Waals surface area contributed by atoms with Crippen molar-refractivity contribution >= 4 is 34.8 Å². The van der Waals surface area contributed by atoms with Crippen LogP contribution in [0, 0.1) is 6.92 Å². The molecule has 2 rings (SSSR count). The Morgan fingerprint density at radius 1 is 1.35 bits per heavy atom. The van der Waals surface area contributed by atoms with Gasteiger partial charge in [-0.3, -0.25) is 16.0 Å². The van der Waals surface area contributed by atoms with E-state index in [1.54, 1.807) is 17.8 Å². The van der Waals surface area contributed by atoms with E-state index in [9.17, 15) is 0 Å². The number of aromatic nitrogens is 2. The summed E-state index contributed by atoms with van der Waals surface area (Å²) in [5, 5.41) is 5.88. The number of halogens is 3. The van der Waals surface area contributed by atoms with Crippen LogP contribution < -0.4 is 11.3 Å².